The maximum atomic E-state index is 13.7. The Morgan fingerprint density at radius 3 is 2.44 bits per heavy atom. The van der Waals surface area contributed by atoms with Gasteiger partial charge in [-0.05, 0) is 73.3 Å². The summed E-state index contributed by atoms with van der Waals surface area (Å²) in [5.74, 6) is -1.02. The number of thiophene rings is 1. The average molecular weight is 451 g/mol. The molecule has 2 aromatic carbocycles. The number of halogens is 1. The summed E-state index contributed by atoms with van der Waals surface area (Å²) in [6, 6.07) is 12.0. The Hall–Kier alpha value is -3.85. The number of amides is 1. The van der Waals surface area contributed by atoms with Crippen LogP contribution in [0.1, 0.15) is 22.8 Å². The summed E-state index contributed by atoms with van der Waals surface area (Å²) in [5.41, 5.74) is 0.623. The number of anilines is 1. The van der Waals surface area contributed by atoms with E-state index in [0.717, 1.165) is 15.9 Å². The molecule has 7 nitrogen and oxygen atoms in total. The number of aryl methyl sites for hydroxylation is 1. The number of fused-ring (bicyclic) bond motifs is 1. The second-order valence-electron chi connectivity index (χ2n) is 7.26. The number of hydrogen-bond donors (Lipinski definition) is 1. The molecule has 4 rings (SSSR count). The van der Waals surface area contributed by atoms with Crippen molar-refractivity contribution in [3.05, 3.63) is 91.7 Å². The number of Topliss-reactive ketones (excluding diaryl/α,β-unsaturated/α-hetero) is 1. The van der Waals surface area contributed by atoms with E-state index in [1.807, 2.05) is 0 Å². The van der Waals surface area contributed by atoms with Crippen LogP contribution in [0.3, 0.4) is 0 Å². The van der Waals surface area contributed by atoms with E-state index < -0.39 is 23.0 Å². The van der Waals surface area contributed by atoms with Crippen LogP contribution in [-0.2, 0) is 11.3 Å². The topological polar surface area (TPSA) is 90.2 Å². The lowest BCUT2D eigenvalue weighted by atomic mass is 10.1. The lowest BCUT2D eigenvalue weighted by molar-refractivity contribution is -0.116. The third-order valence-corrected chi connectivity index (χ3v) is 5.92. The van der Waals surface area contributed by atoms with Crippen LogP contribution in [0.15, 0.2) is 63.5 Å². The monoisotopic (exact) mass is 451 g/mol. The molecular formula is C23H18FN3O4S. The van der Waals surface area contributed by atoms with Gasteiger partial charge in [-0.1, -0.05) is 0 Å². The van der Waals surface area contributed by atoms with E-state index in [9.17, 15) is 23.6 Å². The van der Waals surface area contributed by atoms with E-state index in [4.69, 9.17) is 0 Å². The Labute approximate surface area is 185 Å². The van der Waals surface area contributed by atoms with Crippen molar-refractivity contribution in [1.82, 2.24) is 9.13 Å². The Morgan fingerprint density at radius 2 is 1.78 bits per heavy atom. The molecule has 9 heteroatoms. The highest BCUT2D eigenvalue weighted by Crippen LogP contribution is 2.18. The molecule has 0 atom stereocenters. The molecule has 0 spiro atoms. The zero-order valence-electron chi connectivity index (χ0n) is 17.2. The highest BCUT2D eigenvalue weighted by Gasteiger charge is 2.18. The minimum absolute atomic E-state index is 0.0902. The quantitative estimate of drug-likeness (QED) is 0.470. The first-order chi connectivity index (χ1) is 15.3. The largest absolute Gasteiger partial charge is 0.336 e. The Bertz CT molecular complexity index is 1480. The number of rotatable bonds is 5. The molecule has 0 aliphatic heterocycles. The Kier molecular flexibility index (Phi) is 5.58. The number of carbonyl (C=O) groups excluding carboxylic acids is 2. The molecule has 0 unspecified atom stereocenters. The minimum atomic E-state index is -0.700. The van der Waals surface area contributed by atoms with Crippen LogP contribution in [0.2, 0.25) is 0 Å². The van der Waals surface area contributed by atoms with Crippen molar-refractivity contribution in [2.24, 2.45) is 0 Å². The van der Waals surface area contributed by atoms with Crippen molar-refractivity contribution in [3.8, 4) is 5.69 Å². The van der Waals surface area contributed by atoms with Crippen molar-refractivity contribution >= 4 is 38.9 Å². The smallest absolute Gasteiger partial charge is 0.325 e. The summed E-state index contributed by atoms with van der Waals surface area (Å²) in [6.07, 6.45) is 0. The minimum Gasteiger partial charge on any atom is -0.325 e. The second-order valence-corrected chi connectivity index (χ2v) is 8.18. The van der Waals surface area contributed by atoms with Gasteiger partial charge < -0.3 is 5.32 Å². The van der Waals surface area contributed by atoms with Gasteiger partial charge in [-0.2, -0.15) is 0 Å². The molecule has 4 aromatic rings. The lowest BCUT2D eigenvalue weighted by Gasteiger charge is -2.13. The van der Waals surface area contributed by atoms with Gasteiger partial charge in [0.1, 0.15) is 17.1 Å². The van der Waals surface area contributed by atoms with Crippen LogP contribution in [0.4, 0.5) is 10.1 Å². The maximum Gasteiger partial charge on any atom is 0.336 e. The number of aromatic nitrogens is 2. The van der Waals surface area contributed by atoms with Crippen molar-refractivity contribution in [2.75, 3.05) is 5.32 Å². The highest BCUT2D eigenvalue weighted by molar-refractivity contribution is 7.17. The van der Waals surface area contributed by atoms with Gasteiger partial charge in [0.2, 0.25) is 5.91 Å². The first-order valence-electron chi connectivity index (χ1n) is 9.66. The van der Waals surface area contributed by atoms with Gasteiger partial charge in [0.25, 0.3) is 5.56 Å². The van der Waals surface area contributed by atoms with Gasteiger partial charge in [0.15, 0.2) is 5.78 Å². The van der Waals surface area contributed by atoms with Crippen LogP contribution >= 0.6 is 11.3 Å². The molecule has 1 N–H and O–H groups in total. The van der Waals surface area contributed by atoms with Gasteiger partial charge >= 0.3 is 5.69 Å². The standard InChI is InChI=1S/C23H18FN3O4S/c1-13-11-17(7-8-18(13)24)27-22(30)21-19(9-10-32-21)26(23(27)31)12-20(29)25-16-5-3-15(4-6-16)14(2)28/h3-11H,12H2,1-2H3,(H,25,29). The zero-order valence-corrected chi connectivity index (χ0v) is 18.0. The summed E-state index contributed by atoms with van der Waals surface area (Å²) < 4.78 is 16.2. The molecule has 0 aliphatic carbocycles. The number of ketones is 1. The van der Waals surface area contributed by atoms with Gasteiger partial charge in [-0.25, -0.2) is 13.8 Å². The highest BCUT2D eigenvalue weighted by atomic mass is 32.1. The molecule has 0 aliphatic rings. The third kappa shape index (κ3) is 3.90. The van der Waals surface area contributed by atoms with E-state index in [0.29, 0.717) is 27.0 Å². The number of nitrogens with one attached hydrogen (secondary N) is 1. The van der Waals surface area contributed by atoms with Crippen molar-refractivity contribution in [3.63, 3.8) is 0 Å². The lowest BCUT2D eigenvalue weighted by Crippen LogP contribution is -2.40. The fourth-order valence-corrected chi connectivity index (χ4v) is 4.19. The van der Waals surface area contributed by atoms with Crippen LogP contribution in [0, 0.1) is 12.7 Å². The van der Waals surface area contributed by atoms with Crippen molar-refractivity contribution in [2.45, 2.75) is 20.4 Å². The summed E-state index contributed by atoms with van der Waals surface area (Å²) in [7, 11) is 0. The van der Waals surface area contributed by atoms with Crippen LogP contribution in [0.25, 0.3) is 15.9 Å². The van der Waals surface area contributed by atoms with Crippen molar-refractivity contribution in [1.29, 1.82) is 0 Å². The summed E-state index contributed by atoms with van der Waals surface area (Å²) in [4.78, 5) is 50.3. The maximum absolute atomic E-state index is 13.7. The predicted octanol–water partition coefficient (Wildman–Crippen LogP) is 3.50. The van der Waals surface area contributed by atoms with E-state index in [1.165, 1.54) is 36.6 Å². The number of benzene rings is 2. The molecule has 0 saturated heterocycles. The van der Waals surface area contributed by atoms with Crippen LogP contribution in [0.5, 0.6) is 0 Å². The molecule has 0 fully saturated rings. The zero-order chi connectivity index (χ0) is 23.0. The fourth-order valence-electron chi connectivity index (χ4n) is 3.37. The van der Waals surface area contributed by atoms with Gasteiger partial charge in [0.05, 0.1) is 11.2 Å². The third-order valence-electron chi connectivity index (χ3n) is 5.03. The van der Waals surface area contributed by atoms with Crippen LogP contribution in [-0.4, -0.2) is 20.8 Å². The molecule has 162 valence electrons. The van der Waals surface area contributed by atoms with Gasteiger partial charge in [0, 0.05) is 11.3 Å². The molecule has 2 heterocycles. The van der Waals surface area contributed by atoms with E-state index in [-0.39, 0.29) is 18.0 Å². The number of hydrogen-bond acceptors (Lipinski definition) is 5. The van der Waals surface area contributed by atoms with E-state index >= 15 is 0 Å². The predicted molar refractivity (Wildman–Crippen MR) is 121 cm³/mol. The Balaban J connectivity index is 1.74. The normalized spacial score (nSPS) is 11.0. The van der Waals surface area contributed by atoms with Crippen LogP contribution < -0.4 is 16.6 Å². The first kappa shape index (κ1) is 21.4. The molecule has 0 radical (unpaired) electrons. The second kappa shape index (κ2) is 8.35. The summed E-state index contributed by atoms with van der Waals surface area (Å²) >= 11 is 1.16. The average Bonchev–Trinajstić information content (AvgIpc) is 3.24. The molecule has 0 saturated carbocycles. The SMILES string of the molecule is CC(=O)c1ccc(NC(=O)Cn2c(=O)n(-c3ccc(F)c(C)c3)c(=O)c3sccc32)cc1. The Morgan fingerprint density at radius 1 is 1.06 bits per heavy atom. The number of nitrogens with zero attached hydrogens (tertiary/aromatic N) is 2. The van der Waals surface area contributed by atoms with Gasteiger partial charge in [-0.15, -0.1) is 11.3 Å². The number of carbonyl (C=O) groups is 2. The molecule has 0 bridgehead atoms. The van der Waals surface area contributed by atoms with E-state index in [1.54, 1.807) is 35.7 Å². The summed E-state index contributed by atoms with van der Waals surface area (Å²) in [5, 5.41) is 4.35. The van der Waals surface area contributed by atoms with E-state index in [2.05, 4.69) is 5.32 Å². The first-order valence-corrected chi connectivity index (χ1v) is 10.5. The molecule has 1 amide bonds. The molecule has 2 aromatic heterocycles. The van der Waals surface area contributed by atoms with Gasteiger partial charge in [-0.3, -0.25) is 19.0 Å². The fraction of sp³-hybridized carbons (Fsp3) is 0.130. The summed E-state index contributed by atoms with van der Waals surface area (Å²) in [6.45, 7) is 2.65. The molecular weight excluding hydrogens is 433 g/mol. The molecule has 32 heavy (non-hydrogen) atoms. The van der Waals surface area contributed by atoms with Crippen molar-refractivity contribution < 1.29 is 14.0 Å².